The number of ether oxygens (including phenoxy) is 1. The number of methoxy groups -OCH3 is 1. The zero-order valence-electron chi connectivity index (χ0n) is 19.2. The van der Waals surface area contributed by atoms with Gasteiger partial charge in [0.2, 0.25) is 0 Å². The number of benzene rings is 1. The minimum Gasteiger partial charge on any atom is -0.383 e. The first-order valence-electron chi connectivity index (χ1n) is 11.6. The molecule has 0 radical (unpaired) electrons. The summed E-state index contributed by atoms with van der Waals surface area (Å²) in [5, 5.41) is 15.4. The summed E-state index contributed by atoms with van der Waals surface area (Å²) in [6, 6.07) is 10.2. The van der Waals surface area contributed by atoms with Crippen LogP contribution in [0.15, 0.2) is 42.7 Å². The summed E-state index contributed by atoms with van der Waals surface area (Å²) in [7, 11) is 3.59. The van der Waals surface area contributed by atoms with Gasteiger partial charge in [-0.25, -0.2) is 9.48 Å². The van der Waals surface area contributed by atoms with Gasteiger partial charge in [0.1, 0.15) is 11.5 Å². The second-order valence-electron chi connectivity index (χ2n) is 8.89. The van der Waals surface area contributed by atoms with Crippen LogP contribution in [0.4, 0.5) is 10.6 Å². The number of anilines is 1. The fourth-order valence-corrected chi connectivity index (χ4v) is 5.01. The normalized spacial score (nSPS) is 20.2. The van der Waals surface area contributed by atoms with Gasteiger partial charge in [-0.15, -0.1) is 0 Å². The standard InChI is InChI=1S/C24H31N7O2/c1-29-14-18(13-25-29)31-23(19-9-6-10-21(19)28-31)27-24(32)26-22-16-30(11-12-33-2)15-20(22)17-7-4-3-5-8-17/h3-5,7-8,13-14,20,22H,6,9-12,15-16H2,1-2H3,(H2,26,27,32). The number of amides is 2. The number of aryl methyl sites for hydroxylation is 2. The Bertz CT molecular complexity index is 1110. The molecule has 2 aromatic heterocycles. The Labute approximate surface area is 193 Å². The highest BCUT2D eigenvalue weighted by Gasteiger charge is 2.35. The van der Waals surface area contributed by atoms with Gasteiger partial charge in [-0.1, -0.05) is 30.3 Å². The molecule has 5 rings (SSSR count). The Morgan fingerprint density at radius 1 is 1.21 bits per heavy atom. The third kappa shape index (κ3) is 4.51. The highest BCUT2D eigenvalue weighted by Crippen LogP contribution is 2.31. The van der Waals surface area contributed by atoms with Crippen LogP contribution in [0.5, 0.6) is 0 Å². The summed E-state index contributed by atoms with van der Waals surface area (Å²) < 4.78 is 8.82. The minimum absolute atomic E-state index is 0.00654. The molecule has 2 unspecified atom stereocenters. The van der Waals surface area contributed by atoms with E-state index in [-0.39, 0.29) is 18.0 Å². The van der Waals surface area contributed by atoms with Crippen molar-refractivity contribution in [2.24, 2.45) is 7.05 Å². The number of nitrogens with zero attached hydrogens (tertiary/aromatic N) is 5. The Hall–Kier alpha value is -3.17. The molecule has 0 bridgehead atoms. The third-order valence-corrected chi connectivity index (χ3v) is 6.63. The van der Waals surface area contributed by atoms with Gasteiger partial charge in [0.15, 0.2) is 0 Å². The predicted octanol–water partition coefficient (Wildman–Crippen LogP) is 2.33. The number of likely N-dealkylation sites (tertiary alicyclic amines) is 1. The van der Waals surface area contributed by atoms with E-state index in [0.717, 1.165) is 61.7 Å². The lowest BCUT2D eigenvalue weighted by Gasteiger charge is -2.21. The first kappa shape index (κ1) is 21.7. The van der Waals surface area contributed by atoms with Crippen LogP contribution in [-0.4, -0.2) is 69.9 Å². The number of carbonyl (C=O) groups excluding carboxylic acids is 1. The molecule has 1 aliphatic carbocycles. The monoisotopic (exact) mass is 449 g/mol. The minimum atomic E-state index is -0.200. The SMILES string of the molecule is COCCN1CC(NC(=O)Nc2c3c(nn2-c2cnn(C)c2)CCC3)C(c2ccccc2)C1. The summed E-state index contributed by atoms with van der Waals surface area (Å²) in [6.45, 7) is 3.20. The molecule has 0 spiro atoms. The maximum Gasteiger partial charge on any atom is 0.320 e. The molecule has 9 nitrogen and oxygen atoms in total. The molecule has 9 heteroatoms. The molecular formula is C24H31N7O2. The fourth-order valence-electron chi connectivity index (χ4n) is 5.01. The fraction of sp³-hybridized carbons (Fsp3) is 0.458. The Morgan fingerprint density at radius 2 is 2.06 bits per heavy atom. The summed E-state index contributed by atoms with van der Waals surface area (Å²) in [5.41, 5.74) is 4.27. The average Bonchev–Trinajstić information content (AvgIpc) is 3.58. The van der Waals surface area contributed by atoms with Crippen LogP contribution in [0.1, 0.15) is 29.2 Å². The number of carbonyl (C=O) groups is 1. The van der Waals surface area contributed by atoms with Crippen LogP contribution in [-0.2, 0) is 24.6 Å². The van der Waals surface area contributed by atoms with Crippen LogP contribution in [0.3, 0.4) is 0 Å². The smallest absolute Gasteiger partial charge is 0.320 e. The summed E-state index contributed by atoms with van der Waals surface area (Å²) in [5.74, 6) is 0.973. The second-order valence-corrected chi connectivity index (χ2v) is 8.89. The highest BCUT2D eigenvalue weighted by molar-refractivity contribution is 5.90. The molecule has 2 aliphatic rings. The molecule has 0 saturated carbocycles. The molecule has 1 fully saturated rings. The highest BCUT2D eigenvalue weighted by atomic mass is 16.5. The van der Waals surface area contributed by atoms with Gasteiger partial charge in [-0.3, -0.25) is 14.9 Å². The van der Waals surface area contributed by atoms with Crippen molar-refractivity contribution in [2.75, 3.05) is 38.7 Å². The number of hydrogen-bond acceptors (Lipinski definition) is 5. The average molecular weight is 450 g/mol. The first-order chi connectivity index (χ1) is 16.1. The van der Waals surface area contributed by atoms with Crippen molar-refractivity contribution in [1.82, 2.24) is 29.8 Å². The molecule has 2 amide bonds. The summed E-state index contributed by atoms with van der Waals surface area (Å²) in [6.07, 6.45) is 6.59. The maximum atomic E-state index is 13.2. The van der Waals surface area contributed by atoms with Crippen LogP contribution in [0.2, 0.25) is 0 Å². The van der Waals surface area contributed by atoms with E-state index >= 15 is 0 Å². The van der Waals surface area contributed by atoms with E-state index in [9.17, 15) is 4.79 Å². The van der Waals surface area contributed by atoms with Gasteiger partial charge in [0.05, 0.1) is 30.7 Å². The number of nitrogens with one attached hydrogen (secondary N) is 2. The molecule has 3 aromatic rings. The molecule has 2 atom stereocenters. The van der Waals surface area contributed by atoms with E-state index in [1.54, 1.807) is 18.0 Å². The largest absolute Gasteiger partial charge is 0.383 e. The van der Waals surface area contributed by atoms with Crippen molar-refractivity contribution in [3.8, 4) is 5.69 Å². The van der Waals surface area contributed by atoms with E-state index in [1.165, 1.54) is 5.56 Å². The molecular weight excluding hydrogens is 418 g/mol. The molecule has 3 heterocycles. The summed E-state index contributed by atoms with van der Waals surface area (Å²) in [4.78, 5) is 15.6. The second kappa shape index (κ2) is 9.36. The number of rotatable bonds is 7. The summed E-state index contributed by atoms with van der Waals surface area (Å²) >= 11 is 0. The topological polar surface area (TPSA) is 89.2 Å². The number of hydrogen-bond donors (Lipinski definition) is 2. The lowest BCUT2D eigenvalue weighted by molar-refractivity contribution is 0.159. The van der Waals surface area contributed by atoms with E-state index in [4.69, 9.17) is 9.84 Å². The van der Waals surface area contributed by atoms with Crippen LogP contribution < -0.4 is 10.6 Å². The van der Waals surface area contributed by atoms with E-state index in [1.807, 2.05) is 24.0 Å². The van der Waals surface area contributed by atoms with Crippen molar-refractivity contribution in [3.05, 3.63) is 59.5 Å². The van der Waals surface area contributed by atoms with Crippen molar-refractivity contribution in [3.63, 3.8) is 0 Å². The molecule has 1 aromatic carbocycles. The van der Waals surface area contributed by atoms with E-state index < -0.39 is 0 Å². The third-order valence-electron chi connectivity index (χ3n) is 6.63. The van der Waals surface area contributed by atoms with Gasteiger partial charge in [-0.05, 0) is 24.8 Å². The number of urea groups is 1. The maximum absolute atomic E-state index is 13.2. The number of fused-ring (bicyclic) bond motifs is 1. The molecule has 2 N–H and O–H groups in total. The Kier molecular flexibility index (Phi) is 6.15. The lowest BCUT2D eigenvalue weighted by Crippen LogP contribution is -2.42. The molecule has 1 saturated heterocycles. The first-order valence-corrected chi connectivity index (χ1v) is 11.6. The van der Waals surface area contributed by atoms with Crippen LogP contribution in [0, 0.1) is 0 Å². The van der Waals surface area contributed by atoms with Crippen LogP contribution in [0.25, 0.3) is 5.69 Å². The van der Waals surface area contributed by atoms with Crippen molar-refractivity contribution in [1.29, 1.82) is 0 Å². The zero-order valence-corrected chi connectivity index (χ0v) is 19.2. The van der Waals surface area contributed by atoms with Gasteiger partial charge in [0, 0.05) is 45.3 Å². The predicted molar refractivity (Wildman–Crippen MR) is 126 cm³/mol. The zero-order chi connectivity index (χ0) is 22.8. The van der Waals surface area contributed by atoms with Crippen molar-refractivity contribution in [2.45, 2.75) is 31.2 Å². The Balaban J connectivity index is 1.35. The van der Waals surface area contributed by atoms with Crippen LogP contribution >= 0.6 is 0 Å². The molecule has 33 heavy (non-hydrogen) atoms. The van der Waals surface area contributed by atoms with E-state index in [0.29, 0.717) is 6.61 Å². The van der Waals surface area contributed by atoms with Gasteiger partial charge in [0.25, 0.3) is 0 Å². The van der Waals surface area contributed by atoms with E-state index in [2.05, 4.69) is 44.9 Å². The molecule has 1 aliphatic heterocycles. The quantitative estimate of drug-likeness (QED) is 0.578. The van der Waals surface area contributed by atoms with Gasteiger partial charge < -0.3 is 10.1 Å². The number of aromatic nitrogens is 4. The van der Waals surface area contributed by atoms with Crippen molar-refractivity contribution >= 4 is 11.8 Å². The molecule has 174 valence electrons. The van der Waals surface area contributed by atoms with Gasteiger partial charge in [-0.2, -0.15) is 10.2 Å². The lowest BCUT2D eigenvalue weighted by atomic mass is 9.94. The van der Waals surface area contributed by atoms with Crippen molar-refractivity contribution < 1.29 is 9.53 Å². The van der Waals surface area contributed by atoms with Gasteiger partial charge >= 0.3 is 6.03 Å². The Morgan fingerprint density at radius 3 is 2.82 bits per heavy atom.